The van der Waals surface area contributed by atoms with Crippen molar-refractivity contribution in [3.63, 3.8) is 0 Å². The molecule has 2 aromatic heterocycles. The second kappa shape index (κ2) is 7.10. The van der Waals surface area contributed by atoms with Crippen LogP contribution in [-0.2, 0) is 12.8 Å². The summed E-state index contributed by atoms with van der Waals surface area (Å²) in [4.78, 5) is 3.70. The van der Waals surface area contributed by atoms with Gasteiger partial charge in [0, 0.05) is 57.4 Å². The lowest BCUT2D eigenvalue weighted by atomic mass is 9.97. The average Bonchev–Trinajstić information content (AvgIpc) is 3.69. The van der Waals surface area contributed by atoms with Crippen LogP contribution in [0.15, 0.2) is 84.9 Å². The van der Waals surface area contributed by atoms with Gasteiger partial charge in [0.15, 0.2) is 0 Å². The third-order valence-corrected chi connectivity index (χ3v) is 7.86. The topological polar surface area (TPSA) is 20.7 Å². The van der Waals surface area contributed by atoms with E-state index < -0.39 is 0 Å². The van der Waals surface area contributed by atoms with Crippen LogP contribution in [0.2, 0.25) is 0 Å². The van der Waals surface area contributed by atoms with E-state index in [1.165, 1.54) is 66.4 Å². The lowest BCUT2D eigenvalue weighted by molar-refractivity contribution is 1.01. The smallest absolute Gasteiger partial charge is 0.0538 e. The van der Waals surface area contributed by atoms with Gasteiger partial charge >= 0.3 is 0 Å². The van der Waals surface area contributed by atoms with Gasteiger partial charge in [-0.1, -0.05) is 72.8 Å². The van der Waals surface area contributed by atoms with Crippen LogP contribution in [0, 0.1) is 0 Å². The number of rotatable bonds is 3. The number of H-pyrrole nitrogens is 1. The molecule has 1 N–H and O–H groups in total. The number of aromatic nitrogens is 2. The molecule has 35 heavy (non-hydrogen) atoms. The van der Waals surface area contributed by atoms with Gasteiger partial charge in [-0.05, 0) is 58.7 Å². The lowest BCUT2D eigenvalue weighted by Crippen LogP contribution is -2.21. The second-order valence-corrected chi connectivity index (χ2v) is 9.83. The van der Waals surface area contributed by atoms with Gasteiger partial charge in [-0.2, -0.15) is 0 Å². The summed E-state index contributed by atoms with van der Waals surface area (Å²) in [7, 11) is 0. The molecule has 0 amide bonds. The molecule has 8 rings (SSSR count). The van der Waals surface area contributed by atoms with Gasteiger partial charge in [0.2, 0.25) is 0 Å². The number of hydrogen-bond donors (Lipinski definition) is 1. The van der Waals surface area contributed by atoms with Crippen molar-refractivity contribution in [1.82, 2.24) is 9.55 Å². The van der Waals surface area contributed by atoms with Gasteiger partial charge in [-0.25, -0.2) is 0 Å². The Bertz CT molecular complexity index is 1830. The fraction of sp³-hybridized carbons (Fsp3) is 0.0909. The Balaban J connectivity index is 1.19. The average molecular weight is 449 g/mol. The number of aromatic amines is 1. The molecule has 5 aromatic rings. The predicted molar refractivity (Wildman–Crippen MR) is 146 cm³/mol. The zero-order valence-electron chi connectivity index (χ0n) is 19.3. The van der Waals surface area contributed by atoms with Crippen LogP contribution in [0.4, 0.5) is 0 Å². The minimum absolute atomic E-state index is 0.299. The minimum atomic E-state index is 0.299. The molecule has 0 bridgehead atoms. The van der Waals surface area contributed by atoms with Gasteiger partial charge < -0.3 is 9.55 Å². The van der Waals surface area contributed by atoms with Gasteiger partial charge in [-0.3, -0.25) is 0 Å². The highest BCUT2D eigenvalue weighted by atomic mass is 15.0. The number of hydrogen-bond acceptors (Lipinski definition) is 0. The number of para-hydroxylation sites is 1. The predicted octanol–water partition coefficient (Wildman–Crippen LogP) is 5.98. The van der Waals surface area contributed by atoms with Crippen molar-refractivity contribution < 1.29 is 0 Å². The molecule has 3 aliphatic carbocycles. The van der Waals surface area contributed by atoms with E-state index in [9.17, 15) is 0 Å². The van der Waals surface area contributed by atoms with Gasteiger partial charge in [-0.15, -0.1) is 0 Å². The number of fused-ring (bicyclic) bond motifs is 6. The first kappa shape index (κ1) is 19.1. The number of allylic oxidation sites excluding steroid dienone is 2. The van der Waals surface area contributed by atoms with Crippen LogP contribution in [0.25, 0.3) is 46.5 Å². The van der Waals surface area contributed by atoms with Gasteiger partial charge in [0.1, 0.15) is 0 Å². The normalized spacial score (nSPS) is 17.1. The standard InChI is InChI=1S/C33H24N2/c1-3-8-21(9-4-1)23-17-27-28-18-24(20-31(28)34-30(27)19-23)22-14-15-33-29(16-22)26-12-7-13-32(26)35(33)25-10-5-2-6-11-25/h1-12,14-16,18-20,24,34H,13,17H2. The van der Waals surface area contributed by atoms with Crippen molar-refractivity contribution in [3.05, 3.63) is 129 Å². The number of benzene rings is 3. The Morgan fingerprint density at radius 3 is 2.54 bits per heavy atom. The summed E-state index contributed by atoms with van der Waals surface area (Å²) >= 11 is 0. The molecule has 0 aliphatic heterocycles. The van der Waals surface area contributed by atoms with Crippen LogP contribution in [0.3, 0.4) is 0 Å². The molecule has 0 fully saturated rings. The van der Waals surface area contributed by atoms with Crippen molar-refractivity contribution in [2.24, 2.45) is 0 Å². The Labute approximate surface area is 203 Å². The summed E-state index contributed by atoms with van der Waals surface area (Å²) in [6, 6.07) is 28.5. The van der Waals surface area contributed by atoms with E-state index in [1.54, 1.807) is 0 Å². The first-order valence-electron chi connectivity index (χ1n) is 12.4. The maximum absolute atomic E-state index is 3.70. The molecule has 2 heterocycles. The number of nitrogens with zero attached hydrogens (tertiary/aromatic N) is 1. The Morgan fingerprint density at radius 1 is 0.857 bits per heavy atom. The summed E-state index contributed by atoms with van der Waals surface area (Å²) in [5, 5.41) is 4.01. The van der Waals surface area contributed by atoms with E-state index in [0.717, 1.165) is 12.8 Å². The van der Waals surface area contributed by atoms with Gasteiger partial charge in [0.25, 0.3) is 0 Å². The summed E-state index contributed by atoms with van der Waals surface area (Å²) in [5.74, 6) is 0.299. The Kier molecular flexibility index (Phi) is 3.86. The molecular formula is C33H24N2. The van der Waals surface area contributed by atoms with Crippen LogP contribution in [0.5, 0.6) is 0 Å². The minimum Gasteiger partial charge on any atom is -0.355 e. The van der Waals surface area contributed by atoms with Crippen molar-refractivity contribution in [1.29, 1.82) is 0 Å². The van der Waals surface area contributed by atoms with E-state index in [2.05, 4.69) is 119 Å². The zero-order valence-corrected chi connectivity index (χ0v) is 19.3. The molecule has 0 spiro atoms. The fourth-order valence-corrected chi connectivity index (χ4v) is 6.22. The quantitative estimate of drug-likeness (QED) is 0.350. The van der Waals surface area contributed by atoms with Crippen LogP contribution in [0.1, 0.15) is 39.6 Å². The molecule has 3 aromatic carbocycles. The zero-order chi connectivity index (χ0) is 22.9. The summed E-state index contributed by atoms with van der Waals surface area (Å²) in [5.41, 5.74) is 12.1. The molecular weight excluding hydrogens is 424 g/mol. The summed E-state index contributed by atoms with van der Waals surface area (Å²) in [6.07, 6.45) is 13.8. The molecule has 1 unspecified atom stereocenters. The SMILES string of the molecule is C1=Cc2c(n(-c3ccccc3)c3ccc(C4C=c5[nH]c6c(c5=C4)CC(c4ccccc4)=C6)cc23)C1. The molecule has 0 saturated carbocycles. The van der Waals surface area contributed by atoms with E-state index in [4.69, 9.17) is 0 Å². The molecule has 0 saturated heterocycles. The third-order valence-electron chi connectivity index (χ3n) is 7.86. The maximum Gasteiger partial charge on any atom is 0.0538 e. The van der Waals surface area contributed by atoms with Crippen LogP contribution < -0.4 is 10.6 Å². The summed E-state index contributed by atoms with van der Waals surface area (Å²) < 4.78 is 2.43. The largest absolute Gasteiger partial charge is 0.355 e. The van der Waals surface area contributed by atoms with E-state index in [-0.39, 0.29) is 0 Å². The van der Waals surface area contributed by atoms with E-state index >= 15 is 0 Å². The third kappa shape index (κ3) is 2.77. The van der Waals surface area contributed by atoms with E-state index in [0.29, 0.717) is 5.92 Å². The molecule has 2 heteroatoms. The van der Waals surface area contributed by atoms with Crippen molar-refractivity contribution in [3.8, 4) is 5.69 Å². The van der Waals surface area contributed by atoms with Crippen LogP contribution >= 0.6 is 0 Å². The first-order valence-corrected chi connectivity index (χ1v) is 12.4. The molecule has 2 nitrogen and oxygen atoms in total. The Morgan fingerprint density at radius 2 is 1.69 bits per heavy atom. The maximum atomic E-state index is 3.70. The molecule has 1 atom stereocenters. The molecule has 3 aliphatic rings. The number of nitrogens with one attached hydrogen (secondary N) is 1. The molecule has 0 radical (unpaired) electrons. The van der Waals surface area contributed by atoms with Crippen molar-refractivity contribution in [2.75, 3.05) is 0 Å². The highest BCUT2D eigenvalue weighted by Crippen LogP contribution is 2.37. The van der Waals surface area contributed by atoms with Crippen LogP contribution in [-0.4, -0.2) is 9.55 Å². The van der Waals surface area contributed by atoms with Crippen molar-refractivity contribution >= 4 is 40.8 Å². The van der Waals surface area contributed by atoms with E-state index in [1.807, 2.05) is 0 Å². The summed E-state index contributed by atoms with van der Waals surface area (Å²) in [6.45, 7) is 0. The lowest BCUT2D eigenvalue weighted by Gasteiger charge is -2.11. The van der Waals surface area contributed by atoms with Gasteiger partial charge in [0.05, 0.1) is 5.52 Å². The monoisotopic (exact) mass is 448 g/mol. The second-order valence-electron chi connectivity index (χ2n) is 9.83. The van der Waals surface area contributed by atoms with Crippen molar-refractivity contribution in [2.45, 2.75) is 18.8 Å². The Hall–Kier alpha value is -4.30. The highest BCUT2D eigenvalue weighted by molar-refractivity contribution is 5.95. The first-order chi connectivity index (χ1) is 17.3. The highest BCUT2D eigenvalue weighted by Gasteiger charge is 2.23. The molecule has 166 valence electrons. The fourth-order valence-electron chi connectivity index (χ4n) is 6.22.